The molecule has 2 aliphatic carbocycles. The summed E-state index contributed by atoms with van der Waals surface area (Å²) in [6.07, 6.45) is 10.4. The summed E-state index contributed by atoms with van der Waals surface area (Å²) < 4.78 is 0. The van der Waals surface area contributed by atoms with E-state index in [-0.39, 0.29) is 0 Å². The molecule has 0 amide bonds. The smallest absolute Gasteiger partial charge is 0.128 e. The molecule has 2 heterocycles. The average Bonchev–Trinajstić information content (AvgIpc) is 3.40. The number of hydrogen-bond donors (Lipinski definition) is 1. The van der Waals surface area contributed by atoms with Gasteiger partial charge in [0.1, 0.15) is 5.82 Å². The van der Waals surface area contributed by atoms with Crippen LogP contribution in [0.3, 0.4) is 0 Å². The highest BCUT2D eigenvalue weighted by Gasteiger charge is 2.53. The van der Waals surface area contributed by atoms with Crippen LogP contribution in [-0.2, 0) is 0 Å². The molecule has 2 saturated carbocycles. The minimum absolute atomic E-state index is 0.728. The fourth-order valence-corrected chi connectivity index (χ4v) is 3.79. The fraction of sp³-hybridized carbons (Fsp3) is 0.706. The highest BCUT2D eigenvalue weighted by atomic mass is 15.2. The minimum Gasteiger partial charge on any atom is -0.357 e. The van der Waals surface area contributed by atoms with Crippen LogP contribution in [0, 0.1) is 11.3 Å². The molecule has 0 radical (unpaired) electrons. The lowest BCUT2D eigenvalue weighted by atomic mass is 9.98. The number of piperidine rings is 1. The zero-order chi connectivity index (χ0) is 13.4. The van der Waals surface area contributed by atoms with Gasteiger partial charge in [0.25, 0.3) is 0 Å². The maximum absolute atomic E-state index is 4.46. The zero-order valence-electron chi connectivity index (χ0n) is 12.2. The van der Waals surface area contributed by atoms with Crippen molar-refractivity contribution in [2.45, 2.75) is 44.6 Å². The Hall–Kier alpha value is -1.09. The molecule has 3 fully saturated rings. The number of aromatic nitrogens is 1. The number of anilines is 1. The van der Waals surface area contributed by atoms with Crippen molar-refractivity contribution in [3.8, 4) is 0 Å². The predicted octanol–water partition coefficient (Wildman–Crippen LogP) is 2.83. The van der Waals surface area contributed by atoms with Crippen molar-refractivity contribution in [2.24, 2.45) is 11.3 Å². The second kappa shape index (κ2) is 5.03. The van der Waals surface area contributed by atoms with Gasteiger partial charge in [-0.05, 0) is 62.0 Å². The molecule has 0 atom stereocenters. The third-order valence-electron chi connectivity index (χ3n) is 5.55. The summed E-state index contributed by atoms with van der Waals surface area (Å²) in [6.45, 7) is 3.57. The van der Waals surface area contributed by atoms with Gasteiger partial charge in [-0.2, -0.15) is 0 Å². The van der Waals surface area contributed by atoms with Crippen LogP contribution in [0.15, 0.2) is 24.4 Å². The summed E-state index contributed by atoms with van der Waals surface area (Å²) in [7, 11) is 0. The van der Waals surface area contributed by atoms with Gasteiger partial charge in [0.2, 0.25) is 0 Å². The van der Waals surface area contributed by atoms with E-state index in [9.17, 15) is 0 Å². The van der Waals surface area contributed by atoms with Gasteiger partial charge in [-0.25, -0.2) is 4.98 Å². The van der Waals surface area contributed by atoms with Crippen LogP contribution in [-0.4, -0.2) is 30.7 Å². The van der Waals surface area contributed by atoms with Crippen molar-refractivity contribution in [2.75, 3.05) is 24.5 Å². The molecule has 1 aliphatic heterocycles. The van der Waals surface area contributed by atoms with E-state index < -0.39 is 0 Å². The topological polar surface area (TPSA) is 28.2 Å². The van der Waals surface area contributed by atoms with E-state index in [1.807, 2.05) is 12.3 Å². The van der Waals surface area contributed by atoms with Crippen molar-refractivity contribution in [1.29, 1.82) is 0 Å². The molecular formula is C17H25N3. The summed E-state index contributed by atoms with van der Waals surface area (Å²) in [5.74, 6) is 2.21. The summed E-state index contributed by atoms with van der Waals surface area (Å²) in [5.41, 5.74) is 0.734. The first-order valence-corrected chi connectivity index (χ1v) is 8.25. The van der Waals surface area contributed by atoms with Crippen molar-refractivity contribution >= 4 is 5.82 Å². The Labute approximate surface area is 121 Å². The van der Waals surface area contributed by atoms with Gasteiger partial charge in [-0.15, -0.1) is 0 Å². The van der Waals surface area contributed by atoms with Crippen LogP contribution in [0.2, 0.25) is 0 Å². The van der Waals surface area contributed by atoms with E-state index in [2.05, 4.69) is 27.3 Å². The first-order chi connectivity index (χ1) is 9.86. The second-order valence-electron chi connectivity index (χ2n) is 6.97. The molecule has 0 aromatic carbocycles. The Morgan fingerprint density at radius 1 is 1.15 bits per heavy atom. The molecule has 0 spiro atoms. The fourth-order valence-electron chi connectivity index (χ4n) is 3.79. The lowest BCUT2D eigenvalue weighted by molar-refractivity contribution is 0.340. The molecule has 108 valence electrons. The van der Waals surface area contributed by atoms with E-state index >= 15 is 0 Å². The molecule has 20 heavy (non-hydrogen) atoms. The molecule has 0 unspecified atom stereocenters. The molecule has 3 nitrogen and oxygen atoms in total. The third-order valence-corrected chi connectivity index (χ3v) is 5.55. The van der Waals surface area contributed by atoms with Crippen LogP contribution in [0.4, 0.5) is 5.82 Å². The van der Waals surface area contributed by atoms with Gasteiger partial charge in [-0.1, -0.05) is 6.07 Å². The van der Waals surface area contributed by atoms with E-state index in [0.29, 0.717) is 0 Å². The lowest BCUT2D eigenvalue weighted by Crippen LogP contribution is -2.44. The summed E-state index contributed by atoms with van der Waals surface area (Å²) >= 11 is 0. The van der Waals surface area contributed by atoms with Crippen molar-refractivity contribution in [3.05, 3.63) is 24.4 Å². The summed E-state index contributed by atoms with van der Waals surface area (Å²) in [5, 5.41) is 3.87. The van der Waals surface area contributed by atoms with E-state index in [1.165, 1.54) is 45.1 Å². The quantitative estimate of drug-likeness (QED) is 0.892. The first-order valence-electron chi connectivity index (χ1n) is 8.25. The molecule has 1 saturated heterocycles. The van der Waals surface area contributed by atoms with Crippen molar-refractivity contribution < 1.29 is 0 Å². The van der Waals surface area contributed by atoms with Gasteiger partial charge < -0.3 is 10.2 Å². The van der Waals surface area contributed by atoms with Gasteiger partial charge in [0, 0.05) is 31.9 Å². The number of rotatable bonds is 5. The van der Waals surface area contributed by atoms with Crippen molar-refractivity contribution in [1.82, 2.24) is 10.3 Å². The zero-order valence-corrected chi connectivity index (χ0v) is 12.2. The molecular weight excluding hydrogens is 246 g/mol. The van der Waals surface area contributed by atoms with Crippen molar-refractivity contribution in [3.63, 3.8) is 0 Å². The lowest BCUT2D eigenvalue weighted by Gasteiger charge is -2.34. The third kappa shape index (κ3) is 2.56. The maximum atomic E-state index is 4.46. The SMILES string of the molecule is c1ccc(N2CCC(NCC3(C4CC4)CC3)CC2)nc1. The Morgan fingerprint density at radius 3 is 2.55 bits per heavy atom. The summed E-state index contributed by atoms with van der Waals surface area (Å²) in [4.78, 5) is 6.88. The predicted molar refractivity (Wildman–Crippen MR) is 81.9 cm³/mol. The Bertz CT molecular complexity index is 443. The molecule has 1 aromatic rings. The first kappa shape index (κ1) is 12.6. The highest BCUT2D eigenvalue weighted by molar-refractivity contribution is 5.38. The van der Waals surface area contributed by atoms with Gasteiger partial charge >= 0.3 is 0 Å². The number of hydrogen-bond acceptors (Lipinski definition) is 3. The monoisotopic (exact) mass is 271 g/mol. The van der Waals surface area contributed by atoms with Gasteiger partial charge in [0.15, 0.2) is 0 Å². The molecule has 3 aliphatic rings. The maximum Gasteiger partial charge on any atom is 0.128 e. The average molecular weight is 271 g/mol. The molecule has 3 heteroatoms. The Balaban J connectivity index is 1.25. The highest BCUT2D eigenvalue weighted by Crippen LogP contribution is 2.60. The second-order valence-corrected chi connectivity index (χ2v) is 6.97. The van der Waals surface area contributed by atoms with Gasteiger partial charge in [0.05, 0.1) is 0 Å². The van der Waals surface area contributed by atoms with Crippen LogP contribution in [0.1, 0.15) is 38.5 Å². The molecule has 1 aromatic heterocycles. The molecule has 4 rings (SSSR count). The number of pyridine rings is 1. The number of nitrogens with zero attached hydrogens (tertiary/aromatic N) is 2. The van der Waals surface area contributed by atoms with Crippen LogP contribution in [0.5, 0.6) is 0 Å². The van der Waals surface area contributed by atoms with Crippen LogP contribution >= 0.6 is 0 Å². The number of nitrogens with one attached hydrogen (secondary N) is 1. The van der Waals surface area contributed by atoms with E-state index in [1.54, 1.807) is 0 Å². The Morgan fingerprint density at radius 2 is 1.95 bits per heavy atom. The van der Waals surface area contributed by atoms with Crippen LogP contribution in [0.25, 0.3) is 0 Å². The summed E-state index contributed by atoms with van der Waals surface area (Å²) in [6, 6.07) is 6.93. The minimum atomic E-state index is 0.728. The van der Waals surface area contributed by atoms with Gasteiger partial charge in [-0.3, -0.25) is 0 Å². The molecule has 1 N–H and O–H groups in total. The largest absolute Gasteiger partial charge is 0.357 e. The standard InChI is InChI=1S/C17H25N3/c1-2-10-18-16(3-1)20-11-6-15(7-12-20)19-13-17(8-9-17)14-4-5-14/h1-3,10,14-15,19H,4-9,11-13H2. The molecule has 0 bridgehead atoms. The van der Waals surface area contributed by atoms with E-state index in [0.717, 1.165) is 36.3 Å². The normalized spacial score (nSPS) is 25.7. The Kier molecular flexibility index (Phi) is 3.18. The van der Waals surface area contributed by atoms with Crippen LogP contribution < -0.4 is 10.2 Å². The van der Waals surface area contributed by atoms with E-state index in [4.69, 9.17) is 0 Å².